The Morgan fingerprint density at radius 3 is 2.52 bits per heavy atom. The van der Waals surface area contributed by atoms with Gasteiger partial charge in [-0.15, -0.1) is 0 Å². The molecular formula is C25H28FN3O4. The average molecular weight is 454 g/mol. The summed E-state index contributed by atoms with van der Waals surface area (Å²) in [6.45, 7) is 5.79. The Morgan fingerprint density at radius 2 is 1.85 bits per heavy atom. The van der Waals surface area contributed by atoms with Crippen LogP contribution in [0, 0.1) is 11.2 Å². The van der Waals surface area contributed by atoms with Gasteiger partial charge in [0.1, 0.15) is 11.4 Å². The summed E-state index contributed by atoms with van der Waals surface area (Å²) in [4.78, 5) is 25.8. The van der Waals surface area contributed by atoms with Crippen LogP contribution in [0.4, 0.5) is 9.18 Å². The Balaban J connectivity index is 1.92. The highest BCUT2D eigenvalue weighted by molar-refractivity contribution is 6.09. The number of rotatable bonds is 5. The number of hydrogen-bond donors (Lipinski definition) is 2. The number of amides is 1. The maximum Gasteiger partial charge on any atom is 0.410 e. The van der Waals surface area contributed by atoms with E-state index < -0.39 is 23.5 Å². The Bertz CT molecular complexity index is 1100. The fourth-order valence-corrected chi connectivity index (χ4v) is 3.46. The Hall–Kier alpha value is -3.68. The van der Waals surface area contributed by atoms with Crippen LogP contribution in [0.3, 0.4) is 0 Å². The van der Waals surface area contributed by atoms with E-state index in [2.05, 4.69) is 5.32 Å². The first-order valence-electron chi connectivity index (χ1n) is 10.5. The first kappa shape index (κ1) is 24.0. The molecule has 0 spiro atoms. The second-order valence-electron chi connectivity index (χ2n) is 8.69. The lowest BCUT2D eigenvalue weighted by atomic mass is 10.0. The molecule has 1 aliphatic heterocycles. The summed E-state index contributed by atoms with van der Waals surface area (Å²) in [5.41, 5.74) is 1.95. The third kappa shape index (κ3) is 5.97. The number of halogens is 1. The van der Waals surface area contributed by atoms with Gasteiger partial charge in [0, 0.05) is 17.7 Å². The topological polar surface area (TPSA) is 91.7 Å². The smallest absolute Gasteiger partial charge is 0.410 e. The van der Waals surface area contributed by atoms with Gasteiger partial charge < -0.3 is 20.2 Å². The number of likely N-dealkylation sites (tertiary alicyclic amines) is 1. The standard InChI is InChI=1S/C25H28FN3O4/c1-25(2,3)33-24(31)29-14-19(21(27)15-29)22(18-10-5-6-11-20(18)26)28-13-16-8-7-9-17(12-16)23(30)32-4/h5-12,27-28H,13-15H2,1-4H3/b22-19-,27-21?. The number of ether oxygens (including phenoxy) is 2. The zero-order chi connectivity index (χ0) is 24.2. The molecule has 2 aromatic carbocycles. The molecule has 1 saturated heterocycles. The van der Waals surface area contributed by atoms with Gasteiger partial charge in [-0.3, -0.25) is 4.90 Å². The van der Waals surface area contributed by atoms with E-state index >= 15 is 0 Å². The van der Waals surface area contributed by atoms with E-state index in [0.29, 0.717) is 22.4 Å². The predicted molar refractivity (Wildman–Crippen MR) is 123 cm³/mol. The normalized spacial score (nSPS) is 15.3. The second-order valence-corrected chi connectivity index (χ2v) is 8.69. The van der Waals surface area contributed by atoms with Crippen molar-refractivity contribution in [2.24, 2.45) is 0 Å². The molecule has 7 nitrogen and oxygen atoms in total. The fourth-order valence-electron chi connectivity index (χ4n) is 3.46. The Labute approximate surface area is 192 Å². The molecule has 2 N–H and O–H groups in total. The van der Waals surface area contributed by atoms with Gasteiger partial charge in [-0.2, -0.15) is 0 Å². The van der Waals surface area contributed by atoms with Gasteiger partial charge in [-0.1, -0.05) is 24.3 Å². The van der Waals surface area contributed by atoms with Crippen LogP contribution in [0.5, 0.6) is 0 Å². The zero-order valence-corrected chi connectivity index (χ0v) is 19.2. The van der Waals surface area contributed by atoms with Crippen molar-refractivity contribution >= 4 is 23.5 Å². The first-order valence-corrected chi connectivity index (χ1v) is 10.5. The van der Waals surface area contributed by atoms with Gasteiger partial charge in [0.05, 0.1) is 37.2 Å². The highest BCUT2D eigenvalue weighted by Crippen LogP contribution is 2.26. The quantitative estimate of drug-likeness (QED) is 0.656. The molecule has 0 aliphatic carbocycles. The van der Waals surface area contributed by atoms with Crippen LogP contribution in [-0.4, -0.2) is 48.5 Å². The van der Waals surface area contributed by atoms with Crippen molar-refractivity contribution < 1.29 is 23.5 Å². The van der Waals surface area contributed by atoms with E-state index in [4.69, 9.17) is 14.9 Å². The number of carbonyl (C=O) groups is 2. The van der Waals surface area contributed by atoms with E-state index in [1.54, 1.807) is 57.2 Å². The van der Waals surface area contributed by atoms with Gasteiger partial charge in [-0.05, 0) is 50.6 Å². The van der Waals surface area contributed by atoms with Gasteiger partial charge in [0.25, 0.3) is 0 Å². The molecule has 0 radical (unpaired) electrons. The molecule has 1 amide bonds. The molecule has 1 aliphatic rings. The number of benzene rings is 2. The first-order chi connectivity index (χ1) is 15.6. The van der Waals surface area contributed by atoms with Crippen molar-refractivity contribution in [3.63, 3.8) is 0 Å². The fraction of sp³-hybridized carbons (Fsp3) is 0.320. The summed E-state index contributed by atoms with van der Waals surface area (Å²) in [7, 11) is 1.32. The summed E-state index contributed by atoms with van der Waals surface area (Å²) in [5, 5.41) is 11.7. The molecule has 8 heteroatoms. The van der Waals surface area contributed by atoms with Crippen molar-refractivity contribution in [1.29, 1.82) is 5.41 Å². The van der Waals surface area contributed by atoms with Crippen molar-refractivity contribution in [3.05, 3.63) is 76.6 Å². The predicted octanol–water partition coefficient (Wildman–Crippen LogP) is 4.38. The summed E-state index contributed by atoms with van der Waals surface area (Å²) in [6, 6.07) is 13.2. The number of nitrogens with one attached hydrogen (secondary N) is 2. The summed E-state index contributed by atoms with van der Waals surface area (Å²) in [6.07, 6.45) is -0.527. The van der Waals surface area contributed by atoms with Crippen LogP contribution in [0.15, 0.2) is 54.1 Å². The zero-order valence-electron chi connectivity index (χ0n) is 19.2. The van der Waals surface area contributed by atoms with E-state index in [9.17, 15) is 14.0 Å². The lowest BCUT2D eigenvalue weighted by Gasteiger charge is -2.23. The third-order valence-corrected chi connectivity index (χ3v) is 4.98. The van der Waals surface area contributed by atoms with Gasteiger partial charge in [-0.25, -0.2) is 14.0 Å². The SMILES string of the molecule is COC(=O)c1cccc(CN/C(=C2/CN(C(=O)OC(C)(C)C)CC2=N)c2ccccc2F)c1. The molecule has 0 bridgehead atoms. The van der Waals surface area contributed by atoms with E-state index in [-0.39, 0.29) is 25.3 Å². The van der Waals surface area contributed by atoms with Crippen LogP contribution < -0.4 is 5.32 Å². The number of esters is 1. The molecule has 33 heavy (non-hydrogen) atoms. The van der Waals surface area contributed by atoms with Crippen molar-refractivity contribution in [1.82, 2.24) is 10.2 Å². The number of hydrogen-bond acceptors (Lipinski definition) is 6. The van der Waals surface area contributed by atoms with E-state index in [1.807, 2.05) is 6.07 Å². The van der Waals surface area contributed by atoms with Crippen molar-refractivity contribution in [2.75, 3.05) is 20.2 Å². The maximum atomic E-state index is 14.7. The average Bonchev–Trinajstić information content (AvgIpc) is 3.15. The van der Waals surface area contributed by atoms with Crippen LogP contribution >= 0.6 is 0 Å². The number of nitrogens with zero attached hydrogens (tertiary/aromatic N) is 1. The van der Waals surface area contributed by atoms with Crippen LogP contribution in [0.1, 0.15) is 42.3 Å². The largest absolute Gasteiger partial charge is 0.465 e. The summed E-state index contributed by atoms with van der Waals surface area (Å²) in [5.74, 6) is -0.894. The molecule has 0 aromatic heterocycles. The molecule has 3 rings (SSSR count). The number of methoxy groups -OCH3 is 1. The molecular weight excluding hydrogens is 425 g/mol. The van der Waals surface area contributed by atoms with Crippen molar-refractivity contribution in [2.45, 2.75) is 32.9 Å². The highest BCUT2D eigenvalue weighted by atomic mass is 19.1. The minimum atomic E-state index is -0.664. The van der Waals surface area contributed by atoms with Gasteiger partial charge in [0.2, 0.25) is 0 Å². The van der Waals surface area contributed by atoms with Gasteiger partial charge >= 0.3 is 12.1 Å². The van der Waals surface area contributed by atoms with E-state index in [1.165, 1.54) is 18.1 Å². The Kier molecular flexibility index (Phi) is 7.16. The molecule has 0 unspecified atom stereocenters. The van der Waals surface area contributed by atoms with Crippen LogP contribution in [0.25, 0.3) is 5.70 Å². The molecule has 0 atom stereocenters. The molecule has 174 valence electrons. The molecule has 0 saturated carbocycles. The lowest BCUT2D eigenvalue weighted by molar-refractivity contribution is 0.0309. The minimum absolute atomic E-state index is 0.0711. The minimum Gasteiger partial charge on any atom is -0.465 e. The Morgan fingerprint density at radius 1 is 1.12 bits per heavy atom. The van der Waals surface area contributed by atoms with Gasteiger partial charge in [0.15, 0.2) is 0 Å². The monoisotopic (exact) mass is 453 g/mol. The molecule has 1 heterocycles. The van der Waals surface area contributed by atoms with Crippen molar-refractivity contribution in [3.8, 4) is 0 Å². The second kappa shape index (κ2) is 9.85. The van der Waals surface area contributed by atoms with Crippen LogP contribution in [-0.2, 0) is 16.0 Å². The summed E-state index contributed by atoms with van der Waals surface area (Å²) < 4.78 is 24.9. The maximum absolute atomic E-state index is 14.7. The third-order valence-electron chi connectivity index (χ3n) is 4.98. The molecule has 1 fully saturated rings. The highest BCUT2D eigenvalue weighted by Gasteiger charge is 2.32. The number of carbonyl (C=O) groups excluding carboxylic acids is 2. The molecule has 2 aromatic rings. The lowest BCUT2D eigenvalue weighted by Crippen LogP contribution is -2.35. The summed E-state index contributed by atoms with van der Waals surface area (Å²) >= 11 is 0. The van der Waals surface area contributed by atoms with Crippen LogP contribution in [0.2, 0.25) is 0 Å². The van der Waals surface area contributed by atoms with E-state index in [0.717, 1.165) is 5.56 Å².